The number of amides is 2. The monoisotopic (exact) mass is 589 g/mol. The van der Waals surface area contributed by atoms with Crippen molar-refractivity contribution in [2.75, 3.05) is 10.8 Å². The average Bonchev–Trinajstić information content (AvgIpc) is 2.97. The average molecular weight is 590 g/mol. The molecule has 4 rings (SSSR count). The Morgan fingerprint density at radius 1 is 0.881 bits per heavy atom. The molecule has 0 spiro atoms. The lowest BCUT2D eigenvalue weighted by atomic mass is 9.95. The second kappa shape index (κ2) is 14.0. The van der Waals surface area contributed by atoms with Crippen LogP contribution in [0.4, 0.5) is 5.69 Å². The summed E-state index contributed by atoms with van der Waals surface area (Å²) in [5, 5.41) is 3.19. The highest BCUT2D eigenvalue weighted by Crippen LogP contribution is 2.26. The van der Waals surface area contributed by atoms with Gasteiger partial charge in [0.1, 0.15) is 12.6 Å². The van der Waals surface area contributed by atoms with Gasteiger partial charge in [0.2, 0.25) is 11.8 Å². The third kappa shape index (κ3) is 7.59. The number of hydrogen-bond donors (Lipinski definition) is 1. The summed E-state index contributed by atoms with van der Waals surface area (Å²) in [5.41, 5.74) is 4.13. The molecule has 1 aliphatic rings. The fraction of sp³-hybridized carbons (Fsp3) is 0.412. The lowest BCUT2D eigenvalue weighted by Crippen LogP contribution is -2.54. The number of hydrogen-bond acceptors (Lipinski definition) is 4. The molecule has 1 aliphatic carbocycles. The largest absolute Gasteiger partial charge is 0.352 e. The highest BCUT2D eigenvalue weighted by atomic mass is 32.2. The van der Waals surface area contributed by atoms with Crippen LogP contribution in [0, 0.1) is 20.8 Å². The molecule has 2 amide bonds. The molecule has 1 fully saturated rings. The van der Waals surface area contributed by atoms with E-state index in [1.807, 2.05) is 58.0 Å². The maximum absolute atomic E-state index is 14.3. The van der Waals surface area contributed by atoms with E-state index in [0.29, 0.717) is 12.1 Å². The number of rotatable bonds is 11. The zero-order chi connectivity index (χ0) is 30.3. The van der Waals surface area contributed by atoms with Gasteiger partial charge in [0.05, 0.1) is 10.6 Å². The Labute approximate surface area is 251 Å². The molecule has 1 saturated carbocycles. The van der Waals surface area contributed by atoms with Gasteiger partial charge in [-0.15, -0.1) is 0 Å². The first kappa shape index (κ1) is 31.3. The van der Waals surface area contributed by atoms with Crippen LogP contribution in [0.3, 0.4) is 0 Å². The summed E-state index contributed by atoms with van der Waals surface area (Å²) < 4.78 is 29.2. The van der Waals surface area contributed by atoms with E-state index in [1.54, 1.807) is 47.4 Å². The zero-order valence-electron chi connectivity index (χ0n) is 25.2. The molecule has 0 aliphatic heterocycles. The molecule has 3 aromatic carbocycles. The van der Waals surface area contributed by atoms with E-state index in [0.717, 1.165) is 47.9 Å². The summed E-state index contributed by atoms with van der Waals surface area (Å²) >= 11 is 0. The van der Waals surface area contributed by atoms with E-state index < -0.39 is 28.5 Å². The molecule has 0 heterocycles. The Morgan fingerprint density at radius 2 is 1.57 bits per heavy atom. The molecule has 0 bridgehead atoms. The maximum Gasteiger partial charge on any atom is 0.264 e. The zero-order valence-corrected chi connectivity index (χ0v) is 26.0. The third-order valence-electron chi connectivity index (χ3n) is 8.12. The standard InChI is InChI=1S/C34H43N3O4S/c1-5-32(34(39)35-29-15-7-6-8-16-29)36(23-28-14-10-9-13-27(28)4)33(38)24-37(30-17-11-12-26(3)22-30)42(40,41)31-20-18-25(2)19-21-31/h9-14,17-22,29,32H,5-8,15-16,23-24H2,1-4H3,(H,35,39)/t32-/m1/s1. The van der Waals surface area contributed by atoms with Crippen molar-refractivity contribution in [2.45, 2.75) is 89.7 Å². The van der Waals surface area contributed by atoms with E-state index in [4.69, 9.17) is 0 Å². The summed E-state index contributed by atoms with van der Waals surface area (Å²) in [5.74, 6) is -0.615. The van der Waals surface area contributed by atoms with Gasteiger partial charge in [-0.25, -0.2) is 8.42 Å². The highest BCUT2D eigenvalue weighted by Gasteiger charge is 2.34. The lowest BCUT2D eigenvalue weighted by Gasteiger charge is -2.34. The smallest absolute Gasteiger partial charge is 0.264 e. The summed E-state index contributed by atoms with van der Waals surface area (Å²) in [6.45, 7) is 7.42. The number of nitrogens with zero attached hydrogens (tertiary/aromatic N) is 2. The van der Waals surface area contributed by atoms with Crippen molar-refractivity contribution in [3.8, 4) is 0 Å². The van der Waals surface area contributed by atoms with E-state index >= 15 is 0 Å². The molecule has 0 radical (unpaired) electrons. The van der Waals surface area contributed by atoms with Crippen LogP contribution in [0.25, 0.3) is 0 Å². The van der Waals surface area contributed by atoms with Crippen molar-refractivity contribution >= 4 is 27.5 Å². The fourth-order valence-corrected chi connectivity index (χ4v) is 6.99. The van der Waals surface area contributed by atoms with Crippen LogP contribution in [0.1, 0.15) is 67.7 Å². The number of nitrogens with one attached hydrogen (secondary N) is 1. The normalized spacial score (nSPS) is 14.7. The van der Waals surface area contributed by atoms with Gasteiger partial charge in [0, 0.05) is 12.6 Å². The second-order valence-electron chi connectivity index (χ2n) is 11.4. The molecule has 42 heavy (non-hydrogen) atoms. The lowest BCUT2D eigenvalue weighted by molar-refractivity contribution is -0.140. The first-order chi connectivity index (χ1) is 20.1. The highest BCUT2D eigenvalue weighted by molar-refractivity contribution is 7.92. The number of carbonyl (C=O) groups excluding carboxylic acids is 2. The van der Waals surface area contributed by atoms with Gasteiger partial charge in [-0.1, -0.05) is 80.3 Å². The number of aryl methyl sites for hydroxylation is 3. The minimum Gasteiger partial charge on any atom is -0.352 e. The Bertz CT molecular complexity index is 1480. The summed E-state index contributed by atoms with van der Waals surface area (Å²) in [7, 11) is -4.09. The molecular formula is C34H43N3O4S. The molecular weight excluding hydrogens is 546 g/mol. The van der Waals surface area contributed by atoms with Crippen molar-refractivity contribution < 1.29 is 18.0 Å². The molecule has 0 aromatic heterocycles. The van der Waals surface area contributed by atoms with Gasteiger partial charge in [0.25, 0.3) is 10.0 Å². The minimum absolute atomic E-state index is 0.0985. The van der Waals surface area contributed by atoms with Crippen LogP contribution in [-0.4, -0.2) is 43.8 Å². The van der Waals surface area contributed by atoms with Crippen LogP contribution in [0.15, 0.2) is 77.7 Å². The molecule has 1 atom stereocenters. The number of sulfonamides is 1. The predicted octanol–water partition coefficient (Wildman–Crippen LogP) is 6.06. The third-order valence-corrected chi connectivity index (χ3v) is 9.90. The summed E-state index contributed by atoms with van der Waals surface area (Å²) in [6, 6.07) is 20.9. The van der Waals surface area contributed by atoms with Gasteiger partial charge in [-0.05, 0) is 81.0 Å². The van der Waals surface area contributed by atoms with E-state index in [-0.39, 0.29) is 23.4 Å². The Hall–Kier alpha value is -3.65. The van der Waals surface area contributed by atoms with Crippen LogP contribution in [-0.2, 0) is 26.2 Å². The summed E-state index contributed by atoms with van der Waals surface area (Å²) in [4.78, 5) is 29.6. The SMILES string of the molecule is CC[C@H](C(=O)NC1CCCCC1)N(Cc1ccccc1C)C(=O)CN(c1cccc(C)c1)S(=O)(=O)c1ccc(C)cc1. The van der Waals surface area contributed by atoms with E-state index in [9.17, 15) is 18.0 Å². The Balaban J connectivity index is 1.71. The van der Waals surface area contributed by atoms with Gasteiger partial charge in [-0.2, -0.15) is 0 Å². The molecule has 1 N–H and O–H groups in total. The van der Waals surface area contributed by atoms with Crippen LogP contribution in [0.5, 0.6) is 0 Å². The van der Waals surface area contributed by atoms with Crippen molar-refractivity contribution in [1.29, 1.82) is 0 Å². The van der Waals surface area contributed by atoms with Gasteiger partial charge in [-0.3, -0.25) is 13.9 Å². The summed E-state index contributed by atoms with van der Waals surface area (Å²) in [6.07, 6.45) is 5.61. The quantitative estimate of drug-likeness (QED) is 0.294. The number of benzene rings is 3. The number of anilines is 1. The van der Waals surface area contributed by atoms with Gasteiger partial charge >= 0.3 is 0 Å². The molecule has 224 valence electrons. The van der Waals surface area contributed by atoms with Crippen molar-refractivity contribution in [3.05, 3.63) is 95.1 Å². The Morgan fingerprint density at radius 3 is 2.21 bits per heavy atom. The van der Waals surface area contributed by atoms with Gasteiger partial charge < -0.3 is 10.2 Å². The van der Waals surface area contributed by atoms with Crippen molar-refractivity contribution in [2.24, 2.45) is 0 Å². The molecule has 3 aromatic rings. The van der Waals surface area contributed by atoms with Crippen molar-refractivity contribution in [3.63, 3.8) is 0 Å². The first-order valence-electron chi connectivity index (χ1n) is 14.9. The second-order valence-corrected chi connectivity index (χ2v) is 13.2. The van der Waals surface area contributed by atoms with Gasteiger partial charge in [0.15, 0.2) is 0 Å². The molecule has 0 unspecified atom stereocenters. The van der Waals surface area contributed by atoms with E-state index in [1.165, 1.54) is 10.7 Å². The van der Waals surface area contributed by atoms with Crippen LogP contribution in [0.2, 0.25) is 0 Å². The predicted molar refractivity (Wildman–Crippen MR) is 168 cm³/mol. The van der Waals surface area contributed by atoms with Crippen LogP contribution < -0.4 is 9.62 Å². The minimum atomic E-state index is -4.09. The molecule has 8 heteroatoms. The maximum atomic E-state index is 14.3. The van der Waals surface area contributed by atoms with E-state index in [2.05, 4.69) is 5.32 Å². The Kier molecular flexibility index (Phi) is 10.4. The molecule has 7 nitrogen and oxygen atoms in total. The fourth-order valence-electron chi connectivity index (χ4n) is 5.58. The topological polar surface area (TPSA) is 86.8 Å². The first-order valence-corrected chi connectivity index (χ1v) is 16.3. The van der Waals surface area contributed by atoms with Crippen LogP contribution >= 0.6 is 0 Å². The number of carbonyl (C=O) groups is 2. The molecule has 0 saturated heterocycles. The van der Waals surface area contributed by atoms with Crippen molar-refractivity contribution in [1.82, 2.24) is 10.2 Å².